The summed E-state index contributed by atoms with van der Waals surface area (Å²) in [6.45, 7) is 7.30. The maximum absolute atomic E-state index is 13.4. The van der Waals surface area contributed by atoms with Crippen LogP contribution in [0.5, 0.6) is 5.75 Å². The smallest absolute Gasteiger partial charge is 0.242 e. The summed E-state index contributed by atoms with van der Waals surface area (Å²) in [5.41, 5.74) is 0.477. The van der Waals surface area contributed by atoms with Crippen LogP contribution in [0, 0.1) is 0 Å². The molecule has 8 nitrogen and oxygen atoms in total. The van der Waals surface area contributed by atoms with E-state index in [-0.39, 0.29) is 37.7 Å². The Bertz CT molecular complexity index is 1190. The van der Waals surface area contributed by atoms with Crippen molar-refractivity contribution in [3.63, 3.8) is 0 Å². The van der Waals surface area contributed by atoms with Crippen molar-refractivity contribution >= 4 is 50.7 Å². The molecule has 204 valence electrons. The van der Waals surface area contributed by atoms with E-state index in [0.29, 0.717) is 27.0 Å². The number of sulfonamides is 1. The average Bonchev–Trinajstić information content (AvgIpc) is 2.79. The van der Waals surface area contributed by atoms with E-state index in [4.69, 9.17) is 27.9 Å². The Morgan fingerprint density at radius 1 is 1.08 bits per heavy atom. The second kappa shape index (κ2) is 12.8. The zero-order valence-electron chi connectivity index (χ0n) is 22.0. The van der Waals surface area contributed by atoms with Gasteiger partial charge in [-0.3, -0.25) is 13.9 Å². The quantitative estimate of drug-likeness (QED) is 0.414. The van der Waals surface area contributed by atoms with Gasteiger partial charge in [0.25, 0.3) is 0 Å². The maximum atomic E-state index is 13.4. The molecule has 2 amide bonds. The number of hydrogen-bond acceptors (Lipinski definition) is 5. The van der Waals surface area contributed by atoms with E-state index in [0.717, 1.165) is 6.26 Å². The predicted molar refractivity (Wildman–Crippen MR) is 149 cm³/mol. The highest BCUT2D eigenvalue weighted by molar-refractivity contribution is 7.92. The minimum Gasteiger partial charge on any atom is -0.497 e. The van der Waals surface area contributed by atoms with Gasteiger partial charge in [0, 0.05) is 46.7 Å². The molecule has 0 saturated carbocycles. The molecule has 11 heteroatoms. The van der Waals surface area contributed by atoms with E-state index < -0.39 is 21.6 Å². The fourth-order valence-corrected chi connectivity index (χ4v) is 5.15. The van der Waals surface area contributed by atoms with Gasteiger partial charge >= 0.3 is 0 Å². The first-order chi connectivity index (χ1) is 17.1. The van der Waals surface area contributed by atoms with E-state index in [1.54, 1.807) is 49.4 Å². The molecule has 1 atom stereocenters. The van der Waals surface area contributed by atoms with Gasteiger partial charge in [-0.15, -0.1) is 0 Å². The largest absolute Gasteiger partial charge is 0.497 e. The van der Waals surface area contributed by atoms with Gasteiger partial charge in [0.05, 0.1) is 19.1 Å². The number of hydrogen-bond donors (Lipinski definition) is 1. The molecule has 2 rings (SSSR count). The molecule has 1 N–H and O–H groups in total. The predicted octanol–water partition coefficient (Wildman–Crippen LogP) is 4.88. The highest BCUT2D eigenvalue weighted by atomic mass is 35.5. The second-order valence-corrected chi connectivity index (χ2v) is 12.5. The van der Waals surface area contributed by atoms with Crippen molar-refractivity contribution in [2.45, 2.75) is 58.7 Å². The summed E-state index contributed by atoms with van der Waals surface area (Å²) in [7, 11) is -2.12. The molecular formula is C26H35Cl2N3O5S. The van der Waals surface area contributed by atoms with Crippen molar-refractivity contribution in [3.8, 4) is 5.75 Å². The molecule has 0 aliphatic rings. The fourth-order valence-electron chi connectivity index (χ4n) is 3.68. The number of rotatable bonds is 11. The van der Waals surface area contributed by atoms with Crippen molar-refractivity contribution in [2.24, 2.45) is 0 Å². The molecule has 2 aromatic rings. The lowest BCUT2D eigenvalue weighted by Crippen LogP contribution is -2.52. The van der Waals surface area contributed by atoms with Gasteiger partial charge in [0.15, 0.2) is 0 Å². The summed E-state index contributed by atoms with van der Waals surface area (Å²) in [4.78, 5) is 27.8. The van der Waals surface area contributed by atoms with Crippen molar-refractivity contribution in [1.82, 2.24) is 10.2 Å². The van der Waals surface area contributed by atoms with Crippen molar-refractivity contribution in [1.29, 1.82) is 0 Å². The first-order valence-electron chi connectivity index (χ1n) is 11.8. The van der Waals surface area contributed by atoms with Crippen LogP contribution in [0.4, 0.5) is 5.69 Å². The molecule has 0 bridgehead atoms. The SMILES string of the molecule is COc1cccc(N(CCCC(=O)N(Cc2c(Cl)cccc2Cl)[C@H](C)C(=O)NC(C)(C)C)S(C)(=O)=O)c1. The van der Waals surface area contributed by atoms with Crippen molar-refractivity contribution in [3.05, 3.63) is 58.1 Å². The number of carbonyl (C=O) groups is 2. The summed E-state index contributed by atoms with van der Waals surface area (Å²) in [5, 5.41) is 3.67. The standard InChI is InChI=1S/C26H35Cl2N3O5S/c1-18(25(33)29-26(2,3)4)30(17-21-22(27)12-8-13-23(21)28)24(32)14-9-15-31(37(6,34)35)19-10-7-11-20(16-19)36-5/h7-8,10-13,16,18H,9,14-15,17H2,1-6H3,(H,29,33)/t18-/m1/s1. The number of methoxy groups -OCH3 is 1. The van der Waals surface area contributed by atoms with Crippen molar-refractivity contribution < 1.29 is 22.7 Å². The van der Waals surface area contributed by atoms with Gasteiger partial charge < -0.3 is 15.0 Å². The average molecular weight is 573 g/mol. The molecule has 0 unspecified atom stereocenters. The van der Waals surface area contributed by atoms with Gasteiger partial charge in [0.1, 0.15) is 11.8 Å². The number of benzene rings is 2. The molecule has 0 spiro atoms. The topological polar surface area (TPSA) is 96.0 Å². The van der Waals surface area contributed by atoms with Crippen LogP contribution in [0.25, 0.3) is 0 Å². The van der Waals surface area contributed by atoms with Crippen LogP contribution in [-0.4, -0.2) is 56.6 Å². The Hall–Kier alpha value is -2.49. The van der Waals surface area contributed by atoms with E-state index >= 15 is 0 Å². The zero-order valence-corrected chi connectivity index (χ0v) is 24.4. The number of halogens is 2. The number of nitrogens with one attached hydrogen (secondary N) is 1. The Balaban J connectivity index is 2.26. The van der Waals surface area contributed by atoms with E-state index in [1.807, 2.05) is 20.8 Å². The van der Waals surface area contributed by atoms with Crippen LogP contribution >= 0.6 is 23.2 Å². The monoisotopic (exact) mass is 571 g/mol. The summed E-state index contributed by atoms with van der Waals surface area (Å²) in [6.07, 6.45) is 1.34. The van der Waals surface area contributed by atoms with Gasteiger partial charge in [-0.1, -0.05) is 35.3 Å². The summed E-state index contributed by atoms with van der Waals surface area (Å²) in [6, 6.07) is 10.9. The molecule has 0 fully saturated rings. The minimum atomic E-state index is -3.62. The van der Waals surface area contributed by atoms with Gasteiger partial charge in [0.2, 0.25) is 21.8 Å². The lowest BCUT2D eigenvalue weighted by atomic mass is 10.1. The minimum absolute atomic E-state index is 0.00516. The van der Waals surface area contributed by atoms with Crippen LogP contribution in [0.2, 0.25) is 10.0 Å². The van der Waals surface area contributed by atoms with Gasteiger partial charge in [-0.05, 0) is 58.4 Å². The van der Waals surface area contributed by atoms with Crippen LogP contribution in [-0.2, 0) is 26.2 Å². The van der Waals surface area contributed by atoms with Gasteiger partial charge in [-0.25, -0.2) is 8.42 Å². The second-order valence-electron chi connectivity index (χ2n) is 9.78. The number of carbonyl (C=O) groups excluding carboxylic acids is 2. The molecule has 0 aliphatic carbocycles. The van der Waals surface area contributed by atoms with Crippen LogP contribution < -0.4 is 14.4 Å². The number of ether oxygens (including phenoxy) is 1. The summed E-state index contributed by atoms with van der Waals surface area (Å²) < 4.78 is 31.4. The summed E-state index contributed by atoms with van der Waals surface area (Å²) >= 11 is 12.7. The Morgan fingerprint density at radius 3 is 2.22 bits per heavy atom. The third-order valence-electron chi connectivity index (χ3n) is 5.55. The molecule has 0 saturated heterocycles. The van der Waals surface area contributed by atoms with Crippen LogP contribution in [0.1, 0.15) is 46.1 Å². The molecule has 0 aliphatic heterocycles. The maximum Gasteiger partial charge on any atom is 0.242 e. The third kappa shape index (κ3) is 9.09. The Labute approximate surface area is 229 Å². The highest BCUT2D eigenvalue weighted by Crippen LogP contribution is 2.27. The lowest BCUT2D eigenvalue weighted by Gasteiger charge is -2.32. The molecule has 2 aromatic carbocycles. The van der Waals surface area contributed by atoms with E-state index in [2.05, 4.69) is 5.32 Å². The van der Waals surface area contributed by atoms with Crippen molar-refractivity contribution in [2.75, 3.05) is 24.2 Å². The first kappa shape index (κ1) is 30.7. The number of nitrogens with zero attached hydrogens (tertiary/aromatic N) is 2. The Kier molecular flexibility index (Phi) is 10.7. The Morgan fingerprint density at radius 2 is 1.68 bits per heavy atom. The number of amides is 2. The zero-order chi connectivity index (χ0) is 28.0. The molecule has 37 heavy (non-hydrogen) atoms. The lowest BCUT2D eigenvalue weighted by molar-refractivity contribution is -0.141. The highest BCUT2D eigenvalue weighted by Gasteiger charge is 2.29. The molecule has 0 radical (unpaired) electrons. The molecule has 0 aromatic heterocycles. The van der Waals surface area contributed by atoms with E-state index in [9.17, 15) is 18.0 Å². The number of anilines is 1. The van der Waals surface area contributed by atoms with E-state index in [1.165, 1.54) is 16.3 Å². The summed E-state index contributed by atoms with van der Waals surface area (Å²) in [5.74, 6) is -0.131. The third-order valence-corrected chi connectivity index (χ3v) is 7.45. The van der Waals surface area contributed by atoms with Gasteiger partial charge in [-0.2, -0.15) is 0 Å². The molecule has 0 heterocycles. The normalized spacial score (nSPS) is 12.5. The molecular weight excluding hydrogens is 537 g/mol. The first-order valence-corrected chi connectivity index (χ1v) is 14.4. The van der Waals surface area contributed by atoms with Crippen LogP contribution in [0.3, 0.4) is 0 Å². The van der Waals surface area contributed by atoms with Crippen LogP contribution in [0.15, 0.2) is 42.5 Å². The fraction of sp³-hybridized carbons (Fsp3) is 0.462.